The zero-order valence-corrected chi connectivity index (χ0v) is 11.7. The van der Waals surface area contributed by atoms with Crippen LogP contribution in [0, 0.1) is 6.92 Å². The summed E-state index contributed by atoms with van der Waals surface area (Å²) in [7, 11) is 2.05. The number of nitrogens with zero attached hydrogens (tertiary/aromatic N) is 1. The average Bonchev–Trinajstić information content (AvgIpc) is 2.72. The summed E-state index contributed by atoms with van der Waals surface area (Å²) in [6.45, 7) is 2.14. The number of benzene rings is 1. The van der Waals surface area contributed by atoms with Crippen LogP contribution >= 0.6 is 0 Å². The number of allylic oxidation sites excluding steroid dienone is 1. The van der Waals surface area contributed by atoms with Gasteiger partial charge < -0.3 is 9.88 Å². The van der Waals surface area contributed by atoms with Crippen LogP contribution in [0.2, 0.25) is 0 Å². The maximum atomic E-state index is 12.2. The lowest BCUT2D eigenvalue weighted by Gasteiger charge is -2.22. The Bertz CT molecular complexity index is 781. The number of aromatic nitrogens is 1. The van der Waals surface area contributed by atoms with Crippen LogP contribution in [0.25, 0.3) is 6.08 Å². The summed E-state index contributed by atoms with van der Waals surface area (Å²) in [4.78, 5) is 12.2. The molecule has 2 heterocycles. The number of carbonyl (C=O) groups excluding carboxylic acids is 1. The van der Waals surface area contributed by atoms with Crippen molar-refractivity contribution >= 4 is 23.2 Å². The quantitative estimate of drug-likeness (QED) is 0.673. The fourth-order valence-electron chi connectivity index (χ4n) is 3.31. The van der Waals surface area contributed by atoms with E-state index in [9.17, 15) is 4.79 Å². The first-order chi connectivity index (χ1) is 9.66. The van der Waals surface area contributed by atoms with Crippen molar-refractivity contribution in [1.82, 2.24) is 4.57 Å². The molecule has 4 rings (SSSR count). The Hall–Kier alpha value is -2.29. The SMILES string of the molecule is Cc1cccc2c1Cc1c(c3c(n1C)C=CCC3=O)N2. The maximum absolute atomic E-state index is 12.2. The fourth-order valence-corrected chi connectivity index (χ4v) is 3.31. The molecule has 0 saturated carbocycles. The van der Waals surface area contributed by atoms with Gasteiger partial charge in [-0.1, -0.05) is 18.2 Å². The molecule has 1 aromatic heterocycles. The molecule has 2 aromatic rings. The molecular formula is C17H16N2O. The summed E-state index contributed by atoms with van der Waals surface area (Å²) in [5.41, 5.74) is 7.86. The van der Waals surface area contributed by atoms with E-state index >= 15 is 0 Å². The van der Waals surface area contributed by atoms with Crippen molar-refractivity contribution in [2.75, 3.05) is 5.32 Å². The first kappa shape index (κ1) is 11.5. The topological polar surface area (TPSA) is 34.0 Å². The van der Waals surface area contributed by atoms with E-state index in [1.54, 1.807) is 0 Å². The van der Waals surface area contributed by atoms with E-state index in [0.29, 0.717) is 6.42 Å². The molecule has 100 valence electrons. The van der Waals surface area contributed by atoms with Crippen LogP contribution in [-0.2, 0) is 13.5 Å². The smallest absolute Gasteiger partial charge is 0.170 e. The molecule has 0 unspecified atom stereocenters. The van der Waals surface area contributed by atoms with Gasteiger partial charge in [0.15, 0.2) is 5.78 Å². The molecule has 0 radical (unpaired) electrons. The second-order valence-electron chi connectivity index (χ2n) is 5.57. The summed E-state index contributed by atoms with van der Waals surface area (Å²) in [6.07, 6.45) is 5.41. The number of Topliss-reactive ketones (excluding diaryl/α,β-unsaturated/α-hetero) is 1. The molecule has 0 atom stereocenters. The van der Waals surface area contributed by atoms with Gasteiger partial charge in [0.1, 0.15) is 0 Å². The number of rotatable bonds is 0. The van der Waals surface area contributed by atoms with Gasteiger partial charge in [0.25, 0.3) is 0 Å². The molecular weight excluding hydrogens is 248 g/mol. The Morgan fingerprint density at radius 3 is 3.00 bits per heavy atom. The molecule has 0 fully saturated rings. The van der Waals surface area contributed by atoms with Crippen LogP contribution < -0.4 is 5.32 Å². The number of nitrogens with one attached hydrogen (secondary N) is 1. The van der Waals surface area contributed by atoms with E-state index in [1.807, 2.05) is 13.1 Å². The summed E-state index contributed by atoms with van der Waals surface area (Å²) in [6, 6.07) is 6.29. The Morgan fingerprint density at radius 1 is 1.30 bits per heavy atom. The van der Waals surface area contributed by atoms with Gasteiger partial charge in [0.05, 0.1) is 16.9 Å². The monoisotopic (exact) mass is 264 g/mol. The zero-order valence-electron chi connectivity index (χ0n) is 11.7. The van der Waals surface area contributed by atoms with Crippen LogP contribution in [0.3, 0.4) is 0 Å². The molecule has 1 aliphatic carbocycles. The number of fused-ring (bicyclic) bond motifs is 4. The first-order valence-corrected chi connectivity index (χ1v) is 6.93. The number of hydrogen-bond donors (Lipinski definition) is 1. The lowest BCUT2D eigenvalue weighted by Crippen LogP contribution is -2.11. The number of anilines is 2. The van der Waals surface area contributed by atoms with Crippen LogP contribution in [-0.4, -0.2) is 10.4 Å². The summed E-state index contributed by atoms with van der Waals surface area (Å²) < 4.78 is 2.15. The zero-order chi connectivity index (χ0) is 13.9. The molecule has 2 aliphatic rings. The molecule has 1 N–H and O–H groups in total. The molecule has 0 amide bonds. The third-order valence-electron chi connectivity index (χ3n) is 4.43. The molecule has 1 aromatic carbocycles. The van der Waals surface area contributed by atoms with Gasteiger partial charge in [-0.05, 0) is 30.2 Å². The normalized spacial score (nSPS) is 15.4. The van der Waals surface area contributed by atoms with E-state index in [0.717, 1.165) is 29.1 Å². The number of carbonyl (C=O) groups is 1. The Morgan fingerprint density at radius 2 is 2.15 bits per heavy atom. The molecule has 0 saturated heterocycles. The van der Waals surface area contributed by atoms with Crippen LogP contribution in [0.5, 0.6) is 0 Å². The average molecular weight is 264 g/mol. The van der Waals surface area contributed by atoms with Crippen molar-refractivity contribution in [3.05, 3.63) is 52.4 Å². The van der Waals surface area contributed by atoms with Gasteiger partial charge in [0.2, 0.25) is 0 Å². The highest BCUT2D eigenvalue weighted by molar-refractivity contribution is 6.08. The fraction of sp³-hybridized carbons (Fsp3) is 0.235. The van der Waals surface area contributed by atoms with Crippen molar-refractivity contribution in [2.24, 2.45) is 7.05 Å². The van der Waals surface area contributed by atoms with Crippen molar-refractivity contribution in [2.45, 2.75) is 19.8 Å². The highest BCUT2D eigenvalue weighted by Crippen LogP contribution is 2.41. The van der Waals surface area contributed by atoms with Crippen molar-refractivity contribution in [1.29, 1.82) is 0 Å². The largest absolute Gasteiger partial charge is 0.353 e. The standard InChI is InChI=1S/C17H16N2O/c1-10-5-3-6-12-11(10)9-14-17(18-12)16-13(19(14)2)7-4-8-15(16)20/h3-7,18H,8-9H2,1-2H3. The van der Waals surface area contributed by atoms with E-state index in [1.165, 1.54) is 16.8 Å². The molecule has 3 heteroatoms. The molecule has 0 bridgehead atoms. The summed E-state index contributed by atoms with van der Waals surface area (Å²) in [5, 5.41) is 3.49. The minimum atomic E-state index is 0.211. The second kappa shape index (κ2) is 3.85. The van der Waals surface area contributed by atoms with E-state index in [-0.39, 0.29) is 5.78 Å². The molecule has 0 spiro atoms. The Labute approximate surface area is 117 Å². The van der Waals surface area contributed by atoms with Gasteiger partial charge in [-0.3, -0.25) is 4.79 Å². The predicted octanol–water partition coefficient (Wildman–Crippen LogP) is 3.58. The number of hydrogen-bond acceptors (Lipinski definition) is 2. The predicted molar refractivity (Wildman–Crippen MR) is 80.7 cm³/mol. The van der Waals surface area contributed by atoms with Gasteiger partial charge in [-0.2, -0.15) is 0 Å². The van der Waals surface area contributed by atoms with Crippen molar-refractivity contribution < 1.29 is 4.79 Å². The van der Waals surface area contributed by atoms with Crippen molar-refractivity contribution in [3.8, 4) is 0 Å². The Kier molecular flexibility index (Phi) is 2.22. The third-order valence-corrected chi connectivity index (χ3v) is 4.43. The van der Waals surface area contributed by atoms with Gasteiger partial charge >= 0.3 is 0 Å². The van der Waals surface area contributed by atoms with Crippen molar-refractivity contribution in [3.63, 3.8) is 0 Å². The number of ketones is 1. The van der Waals surface area contributed by atoms with Crippen LogP contribution in [0.15, 0.2) is 24.3 Å². The lowest BCUT2D eigenvalue weighted by atomic mass is 9.95. The van der Waals surface area contributed by atoms with E-state index < -0.39 is 0 Å². The van der Waals surface area contributed by atoms with Crippen LogP contribution in [0.1, 0.15) is 39.3 Å². The van der Waals surface area contributed by atoms with E-state index in [2.05, 4.69) is 41.1 Å². The van der Waals surface area contributed by atoms with E-state index in [4.69, 9.17) is 0 Å². The highest BCUT2D eigenvalue weighted by Gasteiger charge is 2.29. The van der Waals surface area contributed by atoms with Gasteiger partial charge in [-0.15, -0.1) is 0 Å². The van der Waals surface area contributed by atoms with Crippen LogP contribution in [0.4, 0.5) is 11.4 Å². The minimum Gasteiger partial charge on any atom is -0.353 e. The molecule has 20 heavy (non-hydrogen) atoms. The maximum Gasteiger partial charge on any atom is 0.170 e. The van der Waals surface area contributed by atoms with Gasteiger partial charge in [-0.25, -0.2) is 0 Å². The summed E-state index contributed by atoms with van der Waals surface area (Å²) in [5.74, 6) is 0.211. The summed E-state index contributed by atoms with van der Waals surface area (Å²) >= 11 is 0. The minimum absolute atomic E-state index is 0.211. The third kappa shape index (κ3) is 1.38. The first-order valence-electron chi connectivity index (χ1n) is 6.93. The highest BCUT2D eigenvalue weighted by atomic mass is 16.1. The second-order valence-corrected chi connectivity index (χ2v) is 5.57. The molecule has 3 nitrogen and oxygen atoms in total. The Balaban J connectivity index is 1.97. The van der Waals surface area contributed by atoms with Gasteiger partial charge in [0, 0.05) is 31.3 Å². The molecule has 1 aliphatic heterocycles. The lowest BCUT2D eigenvalue weighted by molar-refractivity contribution is 0.0995. The number of aryl methyl sites for hydroxylation is 1.